The molecule has 3 rings (SSSR count). The van der Waals surface area contributed by atoms with Gasteiger partial charge in [0.1, 0.15) is 0 Å². The van der Waals surface area contributed by atoms with Gasteiger partial charge in [0.25, 0.3) is 0 Å². The second-order valence-electron chi connectivity index (χ2n) is 6.01. The SMILES string of the molecule is CN(Cc1nc(-c2ccc(CCN)cc2)no1)C1CCOCC1. The van der Waals surface area contributed by atoms with Gasteiger partial charge in [0.15, 0.2) is 0 Å². The summed E-state index contributed by atoms with van der Waals surface area (Å²) in [6.07, 6.45) is 2.99. The zero-order valence-corrected chi connectivity index (χ0v) is 13.6. The molecule has 0 spiro atoms. The van der Waals surface area contributed by atoms with Gasteiger partial charge in [-0.2, -0.15) is 4.98 Å². The highest BCUT2D eigenvalue weighted by Crippen LogP contribution is 2.19. The standard InChI is InChI=1S/C17H24N4O2/c1-21(15-7-10-22-11-8-15)12-16-19-17(20-23-16)14-4-2-13(3-5-14)6-9-18/h2-5,15H,6-12,18H2,1H3. The van der Waals surface area contributed by atoms with Crippen LogP contribution in [0.5, 0.6) is 0 Å². The van der Waals surface area contributed by atoms with Crippen LogP contribution >= 0.6 is 0 Å². The lowest BCUT2D eigenvalue weighted by Gasteiger charge is -2.29. The normalized spacial score (nSPS) is 16.1. The molecular weight excluding hydrogens is 292 g/mol. The Balaban J connectivity index is 1.63. The summed E-state index contributed by atoms with van der Waals surface area (Å²) < 4.78 is 10.8. The maximum Gasteiger partial charge on any atom is 0.241 e. The van der Waals surface area contributed by atoms with Gasteiger partial charge in [-0.25, -0.2) is 0 Å². The van der Waals surface area contributed by atoms with Crippen molar-refractivity contribution in [2.75, 3.05) is 26.8 Å². The first-order valence-electron chi connectivity index (χ1n) is 8.16. The van der Waals surface area contributed by atoms with Crippen molar-refractivity contribution in [2.45, 2.75) is 31.8 Å². The zero-order chi connectivity index (χ0) is 16.1. The Morgan fingerprint density at radius 2 is 1.96 bits per heavy atom. The highest BCUT2D eigenvalue weighted by Gasteiger charge is 2.20. The summed E-state index contributed by atoms with van der Waals surface area (Å²) in [7, 11) is 2.10. The van der Waals surface area contributed by atoms with Crippen LogP contribution in [0.1, 0.15) is 24.3 Å². The number of ether oxygens (including phenoxy) is 1. The molecule has 6 nitrogen and oxygen atoms in total. The van der Waals surface area contributed by atoms with Gasteiger partial charge in [0.2, 0.25) is 11.7 Å². The Kier molecular flexibility index (Phi) is 5.38. The molecule has 1 aliphatic heterocycles. The van der Waals surface area contributed by atoms with Crippen LogP contribution in [0.25, 0.3) is 11.4 Å². The lowest BCUT2D eigenvalue weighted by Crippen LogP contribution is -2.36. The van der Waals surface area contributed by atoms with Gasteiger partial charge < -0.3 is 15.0 Å². The van der Waals surface area contributed by atoms with Crippen LogP contribution in [0.3, 0.4) is 0 Å². The first-order valence-corrected chi connectivity index (χ1v) is 8.16. The largest absolute Gasteiger partial charge is 0.381 e. The maximum atomic E-state index is 5.57. The fraction of sp³-hybridized carbons (Fsp3) is 0.529. The predicted octanol–water partition coefficient (Wildman–Crippen LogP) is 1.85. The van der Waals surface area contributed by atoms with Crippen molar-refractivity contribution in [3.05, 3.63) is 35.7 Å². The van der Waals surface area contributed by atoms with E-state index < -0.39 is 0 Å². The van der Waals surface area contributed by atoms with E-state index in [1.165, 1.54) is 5.56 Å². The Bertz CT molecular complexity index is 605. The average molecular weight is 316 g/mol. The monoisotopic (exact) mass is 316 g/mol. The number of nitrogens with two attached hydrogens (primary N) is 1. The molecule has 2 aromatic rings. The summed E-state index contributed by atoms with van der Waals surface area (Å²) in [5.41, 5.74) is 7.76. The summed E-state index contributed by atoms with van der Waals surface area (Å²) in [5, 5.41) is 4.10. The van der Waals surface area contributed by atoms with Crippen molar-refractivity contribution in [1.29, 1.82) is 0 Å². The van der Waals surface area contributed by atoms with E-state index in [4.69, 9.17) is 15.0 Å². The third-order valence-electron chi connectivity index (χ3n) is 4.31. The molecule has 2 N–H and O–H groups in total. The Morgan fingerprint density at radius 3 is 2.65 bits per heavy atom. The van der Waals surface area contributed by atoms with Gasteiger partial charge in [-0.3, -0.25) is 4.90 Å². The maximum absolute atomic E-state index is 5.57. The predicted molar refractivity (Wildman–Crippen MR) is 87.8 cm³/mol. The Morgan fingerprint density at radius 1 is 1.22 bits per heavy atom. The molecule has 0 saturated carbocycles. The first-order chi connectivity index (χ1) is 11.3. The van der Waals surface area contributed by atoms with E-state index in [2.05, 4.69) is 34.2 Å². The second-order valence-corrected chi connectivity index (χ2v) is 6.01. The van der Waals surface area contributed by atoms with E-state index in [0.717, 1.165) is 38.0 Å². The zero-order valence-electron chi connectivity index (χ0n) is 13.6. The van der Waals surface area contributed by atoms with Crippen LogP contribution in [0, 0.1) is 0 Å². The van der Waals surface area contributed by atoms with Crippen molar-refractivity contribution in [1.82, 2.24) is 15.0 Å². The minimum atomic E-state index is 0.523. The molecule has 0 atom stereocenters. The van der Waals surface area contributed by atoms with E-state index in [1.54, 1.807) is 0 Å². The summed E-state index contributed by atoms with van der Waals surface area (Å²) in [6, 6.07) is 8.68. The van der Waals surface area contributed by atoms with Crippen LogP contribution in [0.4, 0.5) is 0 Å². The van der Waals surface area contributed by atoms with Crippen molar-refractivity contribution in [2.24, 2.45) is 5.73 Å². The molecule has 6 heteroatoms. The lowest BCUT2D eigenvalue weighted by atomic mass is 10.1. The molecule has 2 heterocycles. The van der Waals surface area contributed by atoms with Gasteiger partial charge in [-0.1, -0.05) is 29.4 Å². The number of nitrogens with zero attached hydrogens (tertiary/aromatic N) is 3. The molecule has 0 aliphatic carbocycles. The minimum Gasteiger partial charge on any atom is -0.381 e. The van der Waals surface area contributed by atoms with E-state index >= 15 is 0 Å². The van der Waals surface area contributed by atoms with Crippen molar-refractivity contribution in [3.63, 3.8) is 0 Å². The van der Waals surface area contributed by atoms with Crippen LogP contribution in [-0.4, -0.2) is 47.9 Å². The van der Waals surface area contributed by atoms with E-state index in [0.29, 0.717) is 30.8 Å². The number of aromatic nitrogens is 2. The Labute approximate surface area is 136 Å². The van der Waals surface area contributed by atoms with Gasteiger partial charge in [-0.15, -0.1) is 0 Å². The van der Waals surface area contributed by atoms with Crippen LogP contribution in [-0.2, 0) is 17.7 Å². The van der Waals surface area contributed by atoms with Crippen LogP contribution < -0.4 is 5.73 Å². The number of rotatable bonds is 6. The van der Waals surface area contributed by atoms with Gasteiger partial charge >= 0.3 is 0 Å². The van der Waals surface area contributed by atoms with Gasteiger partial charge in [0, 0.05) is 24.8 Å². The summed E-state index contributed by atoms with van der Waals surface area (Å²) in [5.74, 6) is 1.29. The molecule has 124 valence electrons. The molecule has 0 amide bonds. The fourth-order valence-corrected chi connectivity index (χ4v) is 2.89. The topological polar surface area (TPSA) is 77.4 Å². The van der Waals surface area contributed by atoms with E-state index in [1.807, 2.05) is 12.1 Å². The van der Waals surface area contributed by atoms with E-state index in [-0.39, 0.29) is 0 Å². The molecule has 1 saturated heterocycles. The highest BCUT2D eigenvalue weighted by atomic mass is 16.5. The van der Waals surface area contributed by atoms with Gasteiger partial charge in [0.05, 0.1) is 6.54 Å². The molecular formula is C17H24N4O2. The fourth-order valence-electron chi connectivity index (χ4n) is 2.89. The molecule has 0 unspecified atom stereocenters. The van der Waals surface area contributed by atoms with Crippen LogP contribution in [0.2, 0.25) is 0 Å². The van der Waals surface area contributed by atoms with Crippen molar-refractivity contribution in [3.8, 4) is 11.4 Å². The quantitative estimate of drug-likeness (QED) is 0.876. The number of hydrogen-bond acceptors (Lipinski definition) is 6. The summed E-state index contributed by atoms with van der Waals surface area (Å²) >= 11 is 0. The van der Waals surface area contributed by atoms with Crippen molar-refractivity contribution >= 4 is 0 Å². The smallest absolute Gasteiger partial charge is 0.241 e. The number of hydrogen-bond donors (Lipinski definition) is 1. The molecule has 1 aromatic carbocycles. The molecule has 0 bridgehead atoms. The lowest BCUT2D eigenvalue weighted by molar-refractivity contribution is 0.0376. The second kappa shape index (κ2) is 7.68. The molecule has 0 radical (unpaired) electrons. The summed E-state index contributed by atoms with van der Waals surface area (Å²) in [6.45, 7) is 2.99. The average Bonchev–Trinajstić information content (AvgIpc) is 3.05. The number of benzene rings is 1. The molecule has 1 fully saturated rings. The Hall–Kier alpha value is -1.76. The summed E-state index contributed by atoms with van der Waals surface area (Å²) in [4.78, 5) is 6.78. The molecule has 1 aliphatic rings. The third kappa shape index (κ3) is 4.16. The van der Waals surface area contributed by atoms with Crippen LogP contribution in [0.15, 0.2) is 28.8 Å². The first kappa shape index (κ1) is 16.1. The highest BCUT2D eigenvalue weighted by molar-refractivity contribution is 5.54. The third-order valence-corrected chi connectivity index (χ3v) is 4.31. The van der Waals surface area contributed by atoms with E-state index in [9.17, 15) is 0 Å². The minimum absolute atomic E-state index is 0.523. The van der Waals surface area contributed by atoms with Gasteiger partial charge in [-0.05, 0) is 38.4 Å². The van der Waals surface area contributed by atoms with Crippen molar-refractivity contribution < 1.29 is 9.26 Å². The molecule has 1 aromatic heterocycles. The molecule has 23 heavy (non-hydrogen) atoms.